The number of likely N-dealkylation sites (tertiary alicyclic amines) is 1. The molecule has 2 fully saturated rings. The Morgan fingerprint density at radius 1 is 1.60 bits per heavy atom. The average molecular weight is 233 g/mol. The molecule has 2 nitrogen and oxygen atoms in total. The number of thiol groups is 1. The van der Waals surface area contributed by atoms with Gasteiger partial charge >= 0.3 is 0 Å². The number of hydrogen-bond donors (Lipinski definition) is 1. The topological polar surface area (TPSA) is 12.5 Å². The Kier molecular flexibility index (Phi) is 3.58. The molecule has 0 aromatic heterocycles. The lowest BCUT2D eigenvalue weighted by atomic mass is 10.1. The third-order valence-electron chi connectivity index (χ3n) is 3.36. The van der Waals surface area contributed by atoms with Crippen molar-refractivity contribution in [3.8, 4) is 0 Å². The largest absolute Gasteiger partial charge is 0.368 e. The van der Waals surface area contributed by atoms with Crippen molar-refractivity contribution in [2.75, 3.05) is 26.2 Å². The zero-order chi connectivity index (χ0) is 10.9. The van der Waals surface area contributed by atoms with Crippen LogP contribution in [0, 0.1) is 5.41 Å². The van der Waals surface area contributed by atoms with Gasteiger partial charge in [0, 0.05) is 25.0 Å². The van der Waals surface area contributed by atoms with Crippen LogP contribution in [0.2, 0.25) is 0 Å². The van der Waals surface area contributed by atoms with E-state index in [-0.39, 0.29) is 5.44 Å². The summed E-state index contributed by atoms with van der Waals surface area (Å²) in [5.74, 6) is 0. The van der Waals surface area contributed by atoms with Crippen LogP contribution in [0.5, 0.6) is 0 Å². The quantitative estimate of drug-likeness (QED) is 0.577. The molecule has 0 N–H and O–H groups in total. The van der Waals surface area contributed by atoms with Crippen molar-refractivity contribution in [1.29, 1.82) is 0 Å². The van der Waals surface area contributed by atoms with E-state index in [0.717, 1.165) is 19.7 Å². The van der Waals surface area contributed by atoms with E-state index in [1.54, 1.807) is 0 Å². The van der Waals surface area contributed by atoms with Crippen molar-refractivity contribution in [2.24, 2.45) is 5.41 Å². The summed E-state index contributed by atoms with van der Waals surface area (Å²) in [5.41, 5.74) is 0.330. The Labute approximate surface area is 96.6 Å². The highest BCUT2D eigenvalue weighted by atomic mass is 32.1. The van der Waals surface area contributed by atoms with Crippen LogP contribution < -0.4 is 0 Å². The summed E-state index contributed by atoms with van der Waals surface area (Å²) in [4.78, 5) is 2.24. The highest BCUT2D eigenvalue weighted by molar-refractivity contribution is 7.80. The SMILES string of the molecule is CC(S)OCC1(CN2CC[C@@H](F)C2)CC1. The van der Waals surface area contributed by atoms with Gasteiger partial charge in [0.1, 0.15) is 6.17 Å². The van der Waals surface area contributed by atoms with Crippen molar-refractivity contribution in [2.45, 2.75) is 37.8 Å². The van der Waals surface area contributed by atoms with Crippen LogP contribution in [-0.2, 0) is 4.74 Å². The van der Waals surface area contributed by atoms with Gasteiger partial charge < -0.3 is 4.74 Å². The third kappa shape index (κ3) is 3.33. The molecule has 0 amide bonds. The third-order valence-corrected chi connectivity index (χ3v) is 3.51. The molecule has 1 aliphatic carbocycles. The molecule has 0 aromatic carbocycles. The van der Waals surface area contributed by atoms with E-state index in [1.807, 2.05) is 6.92 Å². The van der Waals surface area contributed by atoms with Crippen molar-refractivity contribution in [1.82, 2.24) is 4.90 Å². The minimum Gasteiger partial charge on any atom is -0.368 e. The molecular weight excluding hydrogens is 213 g/mol. The van der Waals surface area contributed by atoms with Crippen molar-refractivity contribution in [3.63, 3.8) is 0 Å². The van der Waals surface area contributed by atoms with Crippen molar-refractivity contribution < 1.29 is 9.13 Å². The maximum atomic E-state index is 13.0. The first kappa shape index (κ1) is 11.7. The molecule has 15 heavy (non-hydrogen) atoms. The molecule has 2 rings (SSSR count). The van der Waals surface area contributed by atoms with Gasteiger partial charge in [-0.1, -0.05) is 0 Å². The highest BCUT2D eigenvalue weighted by Gasteiger charge is 2.45. The van der Waals surface area contributed by atoms with Gasteiger partial charge in [0.15, 0.2) is 0 Å². The van der Waals surface area contributed by atoms with Crippen LogP contribution in [0.1, 0.15) is 26.2 Å². The van der Waals surface area contributed by atoms with E-state index < -0.39 is 6.17 Å². The normalized spacial score (nSPS) is 31.8. The summed E-state index contributed by atoms with van der Waals surface area (Å²) in [5, 5.41) is 0. The second-order valence-corrected chi connectivity index (χ2v) is 5.76. The molecule has 1 saturated heterocycles. The number of nitrogens with zero attached hydrogens (tertiary/aromatic N) is 1. The van der Waals surface area contributed by atoms with E-state index in [9.17, 15) is 4.39 Å². The Hall–Kier alpha value is 0.200. The van der Waals surface area contributed by atoms with Crippen LogP contribution in [-0.4, -0.2) is 42.7 Å². The average Bonchev–Trinajstić information content (AvgIpc) is 2.81. The molecule has 0 radical (unpaired) electrons. The summed E-state index contributed by atoms with van der Waals surface area (Å²) in [6.07, 6.45) is 2.55. The van der Waals surface area contributed by atoms with Gasteiger partial charge in [-0.2, -0.15) is 0 Å². The molecule has 4 heteroatoms. The summed E-state index contributed by atoms with van der Waals surface area (Å²) in [6, 6.07) is 0. The smallest absolute Gasteiger partial charge is 0.114 e. The Morgan fingerprint density at radius 2 is 2.33 bits per heavy atom. The predicted octanol–water partition coefficient (Wildman–Crippen LogP) is 2.10. The van der Waals surface area contributed by atoms with Crippen LogP contribution in [0.25, 0.3) is 0 Å². The molecule has 2 atom stereocenters. The van der Waals surface area contributed by atoms with Crippen molar-refractivity contribution in [3.05, 3.63) is 0 Å². The number of rotatable bonds is 5. The molecule has 0 bridgehead atoms. The molecule has 0 spiro atoms. The van der Waals surface area contributed by atoms with E-state index in [2.05, 4.69) is 17.5 Å². The van der Waals surface area contributed by atoms with Gasteiger partial charge in [-0.15, -0.1) is 12.6 Å². The molecule has 1 unspecified atom stereocenters. The fourth-order valence-corrected chi connectivity index (χ4v) is 2.30. The summed E-state index contributed by atoms with van der Waals surface area (Å²) in [6.45, 7) is 5.27. The second kappa shape index (κ2) is 4.60. The van der Waals surface area contributed by atoms with Gasteiger partial charge in [-0.25, -0.2) is 4.39 Å². The zero-order valence-electron chi connectivity index (χ0n) is 9.29. The minimum atomic E-state index is -0.606. The van der Waals surface area contributed by atoms with Crippen LogP contribution in [0.3, 0.4) is 0 Å². The Balaban J connectivity index is 1.73. The lowest BCUT2D eigenvalue weighted by Crippen LogP contribution is -2.31. The fraction of sp³-hybridized carbons (Fsp3) is 1.00. The predicted molar refractivity (Wildman–Crippen MR) is 62.0 cm³/mol. The lowest BCUT2D eigenvalue weighted by Gasteiger charge is -2.23. The lowest BCUT2D eigenvalue weighted by molar-refractivity contribution is 0.0666. The second-order valence-electron chi connectivity index (χ2n) is 5.03. The monoisotopic (exact) mass is 233 g/mol. The molecule has 0 aromatic rings. The van der Waals surface area contributed by atoms with E-state index >= 15 is 0 Å². The van der Waals surface area contributed by atoms with Gasteiger partial charge in [0.2, 0.25) is 0 Å². The molecule has 1 saturated carbocycles. The maximum absolute atomic E-state index is 13.0. The summed E-state index contributed by atoms with van der Waals surface area (Å²) < 4.78 is 18.5. The first-order valence-corrected chi connectivity index (χ1v) is 6.27. The zero-order valence-corrected chi connectivity index (χ0v) is 10.2. The minimum absolute atomic E-state index is 0.00924. The van der Waals surface area contributed by atoms with Crippen LogP contribution >= 0.6 is 12.6 Å². The van der Waals surface area contributed by atoms with Gasteiger partial charge in [-0.3, -0.25) is 4.90 Å². The number of halogens is 1. The standard InChI is InChI=1S/C11H20FNOS/c1-9(15)14-8-11(3-4-11)7-13-5-2-10(12)6-13/h9-10,15H,2-8H2,1H3/t9?,10-/m1/s1. The maximum Gasteiger partial charge on any atom is 0.114 e. The molecule has 1 heterocycles. The van der Waals surface area contributed by atoms with Crippen LogP contribution in [0.4, 0.5) is 4.39 Å². The molecular formula is C11H20FNOS. The first-order valence-electron chi connectivity index (χ1n) is 5.76. The van der Waals surface area contributed by atoms with Gasteiger partial charge in [-0.05, 0) is 26.2 Å². The van der Waals surface area contributed by atoms with Crippen molar-refractivity contribution >= 4 is 12.6 Å². The number of alkyl halides is 1. The van der Waals surface area contributed by atoms with Gasteiger partial charge in [0.25, 0.3) is 0 Å². The number of ether oxygens (including phenoxy) is 1. The summed E-state index contributed by atoms with van der Waals surface area (Å²) in [7, 11) is 0. The molecule has 1 aliphatic heterocycles. The molecule has 2 aliphatic rings. The summed E-state index contributed by atoms with van der Waals surface area (Å²) >= 11 is 4.20. The van der Waals surface area contributed by atoms with E-state index in [0.29, 0.717) is 18.4 Å². The van der Waals surface area contributed by atoms with Gasteiger partial charge in [0.05, 0.1) is 12.0 Å². The Morgan fingerprint density at radius 3 is 2.80 bits per heavy atom. The van der Waals surface area contributed by atoms with E-state index in [4.69, 9.17) is 4.74 Å². The van der Waals surface area contributed by atoms with Crippen LogP contribution in [0.15, 0.2) is 0 Å². The van der Waals surface area contributed by atoms with E-state index in [1.165, 1.54) is 12.8 Å². The first-order chi connectivity index (χ1) is 7.10. The fourth-order valence-electron chi connectivity index (χ4n) is 2.23. The number of hydrogen-bond acceptors (Lipinski definition) is 3. The molecule has 88 valence electrons. The highest BCUT2D eigenvalue weighted by Crippen LogP contribution is 2.47. The Bertz CT molecular complexity index is 221.